The van der Waals surface area contributed by atoms with Crippen molar-refractivity contribution in [1.29, 1.82) is 0 Å². The van der Waals surface area contributed by atoms with Crippen LogP contribution in [0, 0.1) is 0 Å². The maximum atomic E-state index is 11.2. The van der Waals surface area contributed by atoms with E-state index in [0.29, 0.717) is 5.92 Å². The molecule has 0 saturated heterocycles. The van der Waals surface area contributed by atoms with Gasteiger partial charge in [0, 0.05) is 35.4 Å². The topological polar surface area (TPSA) is 71.5 Å². The van der Waals surface area contributed by atoms with Crippen LogP contribution in [-0.2, 0) is 0 Å². The quantitative estimate of drug-likeness (QED) is 0.693. The summed E-state index contributed by atoms with van der Waals surface area (Å²) in [5.74, 6) is 0.179. The Morgan fingerprint density at radius 1 is 1.15 bits per heavy atom. The summed E-state index contributed by atoms with van der Waals surface area (Å²) in [6, 6.07) is 11.0. The molecule has 0 spiro atoms. The lowest BCUT2D eigenvalue weighted by Crippen LogP contribution is -2.02. The van der Waals surface area contributed by atoms with Gasteiger partial charge >= 0.3 is 5.97 Å². The van der Waals surface area contributed by atoms with Crippen LogP contribution in [0.2, 0.25) is 0 Å². The summed E-state index contributed by atoms with van der Waals surface area (Å²) in [6.45, 7) is 4.25. The SMILES string of the molecule is CNc1cc(-c2cc3cc(C(=O)O)ccc3cn2)cc(OC)c1C(C)C. The smallest absolute Gasteiger partial charge is 0.335 e. The molecule has 0 aliphatic rings. The Balaban J connectivity index is 2.17. The Morgan fingerprint density at radius 2 is 1.92 bits per heavy atom. The van der Waals surface area contributed by atoms with Gasteiger partial charge in [0.25, 0.3) is 0 Å². The molecule has 1 aromatic heterocycles. The minimum atomic E-state index is -0.939. The number of ether oxygens (including phenoxy) is 1. The molecule has 0 unspecified atom stereocenters. The Kier molecular flexibility index (Phi) is 4.80. The second-order valence-corrected chi connectivity index (χ2v) is 6.48. The van der Waals surface area contributed by atoms with Gasteiger partial charge in [0.1, 0.15) is 5.75 Å². The zero-order valence-corrected chi connectivity index (χ0v) is 15.3. The number of nitrogens with one attached hydrogen (secondary N) is 1. The van der Waals surface area contributed by atoms with E-state index in [1.54, 1.807) is 31.5 Å². The lowest BCUT2D eigenvalue weighted by Gasteiger charge is -2.18. The molecule has 26 heavy (non-hydrogen) atoms. The molecule has 3 aromatic rings. The highest BCUT2D eigenvalue weighted by molar-refractivity contribution is 5.95. The van der Waals surface area contributed by atoms with E-state index in [9.17, 15) is 9.90 Å². The van der Waals surface area contributed by atoms with Crippen molar-refractivity contribution in [1.82, 2.24) is 4.98 Å². The first-order chi connectivity index (χ1) is 12.4. The van der Waals surface area contributed by atoms with E-state index in [2.05, 4.69) is 24.1 Å². The average molecular weight is 350 g/mol. The van der Waals surface area contributed by atoms with E-state index in [4.69, 9.17) is 4.74 Å². The maximum absolute atomic E-state index is 11.2. The lowest BCUT2D eigenvalue weighted by molar-refractivity contribution is 0.0697. The number of aromatic carboxylic acids is 1. The van der Waals surface area contributed by atoms with Crippen molar-refractivity contribution in [3.8, 4) is 17.0 Å². The van der Waals surface area contributed by atoms with Crippen molar-refractivity contribution in [3.05, 3.63) is 53.7 Å². The summed E-state index contributed by atoms with van der Waals surface area (Å²) < 4.78 is 5.60. The number of rotatable bonds is 5. The minimum Gasteiger partial charge on any atom is -0.496 e. The summed E-state index contributed by atoms with van der Waals surface area (Å²) in [7, 11) is 3.55. The first kappa shape index (κ1) is 17.7. The Bertz CT molecular complexity index is 955. The number of pyridine rings is 1. The molecule has 0 saturated carbocycles. The molecule has 0 bridgehead atoms. The molecule has 5 nitrogen and oxygen atoms in total. The van der Waals surface area contributed by atoms with E-state index in [0.717, 1.165) is 39.0 Å². The molecule has 2 N–H and O–H groups in total. The number of benzene rings is 2. The molecule has 5 heteroatoms. The van der Waals surface area contributed by atoms with Crippen LogP contribution in [0.25, 0.3) is 22.0 Å². The lowest BCUT2D eigenvalue weighted by atomic mass is 9.96. The van der Waals surface area contributed by atoms with Gasteiger partial charge in [-0.25, -0.2) is 4.79 Å². The Labute approximate surface area is 152 Å². The number of hydrogen-bond donors (Lipinski definition) is 2. The summed E-state index contributed by atoms with van der Waals surface area (Å²) in [5, 5.41) is 14.2. The molecule has 0 fully saturated rings. The first-order valence-corrected chi connectivity index (χ1v) is 8.47. The van der Waals surface area contributed by atoms with E-state index >= 15 is 0 Å². The third-order valence-corrected chi connectivity index (χ3v) is 4.47. The fourth-order valence-corrected chi connectivity index (χ4v) is 3.18. The minimum absolute atomic E-state index is 0.262. The second kappa shape index (κ2) is 7.04. The van der Waals surface area contributed by atoms with E-state index in [-0.39, 0.29) is 5.56 Å². The number of carbonyl (C=O) groups is 1. The molecule has 134 valence electrons. The molecule has 2 aromatic carbocycles. The highest BCUT2D eigenvalue weighted by atomic mass is 16.5. The molecule has 1 heterocycles. The number of carboxylic acid groups (broad SMARTS) is 1. The molecular weight excluding hydrogens is 328 g/mol. The van der Waals surface area contributed by atoms with Crippen LogP contribution in [0.3, 0.4) is 0 Å². The largest absolute Gasteiger partial charge is 0.496 e. The molecule has 0 amide bonds. The third-order valence-electron chi connectivity index (χ3n) is 4.47. The highest BCUT2D eigenvalue weighted by Gasteiger charge is 2.16. The Hall–Kier alpha value is -3.08. The van der Waals surface area contributed by atoms with Crippen molar-refractivity contribution in [2.45, 2.75) is 19.8 Å². The fraction of sp³-hybridized carbons (Fsp3) is 0.238. The number of carboxylic acids is 1. The molecule has 0 aliphatic heterocycles. The number of nitrogens with zero attached hydrogens (tertiary/aromatic N) is 1. The molecule has 0 atom stereocenters. The zero-order chi connectivity index (χ0) is 18.8. The average Bonchev–Trinajstić information content (AvgIpc) is 2.65. The van der Waals surface area contributed by atoms with Crippen molar-refractivity contribution in [2.75, 3.05) is 19.5 Å². The predicted molar refractivity (Wildman–Crippen MR) is 104 cm³/mol. The van der Waals surface area contributed by atoms with Gasteiger partial charge in [-0.05, 0) is 41.6 Å². The van der Waals surface area contributed by atoms with Crippen molar-refractivity contribution in [2.24, 2.45) is 0 Å². The van der Waals surface area contributed by atoms with Crippen molar-refractivity contribution in [3.63, 3.8) is 0 Å². The van der Waals surface area contributed by atoms with Gasteiger partial charge < -0.3 is 15.2 Å². The van der Waals surface area contributed by atoms with Crippen LogP contribution in [0.15, 0.2) is 42.6 Å². The van der Waals surface area contributed by atoms with Crippen molar-refractivity contribution >= 4 is 22.4 Å². The van der Waals surface area contributed by atoms with Gasteiger partial charge in [-0.1, -0.05) is 19.9 Å². The number of fused-ring (bicyclic) bond motifs is 1. The number of aromatic nitrogens is 1. The normalized spacial score (nSPS) is 11.0. The van der Waals surface area contributed by atoms with Gasteiger partial charge in [0.15, 0.2) is 0 Å². The molecule has 0 aliphatic carbocycles. The van der Waals surface area contributed by atoms with Crippen LogP contribution in [0.1, 0.15) is 35.7 Å². The summed E-state index contributed by atoms with van der Waals surface area (Å²) >= 11 is 0. The van der Waals surface area contributed by atoms with E-state index < -0.39 is 5.97 Å². The first-order valence-electron chi connectivity index (χ1n) is 8.47. The van der Waals surface area contributed by atoms with Gasteiger partial charge in [-0.3, -0.25) is 4.98 Å². The van der Waals surface area contributed by atoms with Gasteiger partial charge in [0.05, 0.1) is 18.4 Å². The van der Waals surface area contributed by atoms with Crippen molar-refractivity contribution < 1.29 is 14.6 Å². The van der Waals surface area contributed by atoms with Crippen LogP contribution >= 0.6 is 0 Å². The molecule has 0 radical (unpaired) electrons. The number of hydrogen-bond acceptors (Lipinski definition) is 4. The van der Waals surface area contributed by atoms with Crippen LogP contribution in [0.4, 0.5) is 5.69 Å². The summed E-state index contributed by atoms with van der Waals surface area (Å²) in [4.78, 5) is 15.8. The number of anilines is 1. The summed E-state index contributed by atoms with van der Waals surface area (Å²) in [5.41, 5.74) is 4.06. The van der Waals surface area contributed by atoms with Gasteiger partial charge in [0.2, 0.25) is 0 Å². The maximum Gasteiger partial charge on any atom is 0.335 e. The van der Waals surface area contributed by atoms with Crippen LogP contribution < -0.4 is 10.1 Å². The van der Waals surface area contributed by atoms with Gasteiger partial charge in [-0.15, -0.1) is 0 Å². The predicted octanol–water partition coefficient (Wildman–Crippen LogP) is 4.77. The molecule has 3 rings (SSSR count). The monoisotopic (exact) mass is 350 g/mol. The summed E-state index contributed by atoms with van der Waals surface area (Å²) in [6.07, 6.45) is 1.76. The van der Waals surface area contributed by atoms with Gasteiger partial charge in [-0.2, -0.15) is 0 Å². The number of methoxy groups -OCH3 is 1. The second-order valence-electron chi connectivity index (χ2n) is 6.48. The third kappa shape index (κ3) is 3.20. The fourth-order valence-electron chi connectivity index (χ4n) is 3.18. The standard InChI is InChI=1S/C21H22N2O3/c1-12(2)20-18(22-3)9-16(10-19(20)26-4)17-8-15-7-13(21(24)25)5-6-14(15)11-23-17/h5-12,22H,1-4H3,(H,24,25). The van der Waals surface area contributed by atoms with E-state index in [1.807, 2.05) is 25.2 Å². The van der Waals surface area contributed by atoms with Crippen LogP contribution in [-0.4, -0.2) is 30.2 Å². The highest BCUT2D eigenvalue weighted by Crippen LogP contribution is 2.38. The zero-order valence-electron chi connectivity index (χ0n) is 15.3. The molecular formula is C21H22N2O3. The van der Waals surface area contributed by atoms with Crippen LogP contribution in [0.5, 0.6) is 5.75 Å². The van der Waals surface area contributed by atoms with E-state index in [1.165, 1.54) is 0 Å². The Morgan fingerprint density at radius 3 is 2.54 bits per heavy atom.